The Labute approximate surface area is 144 Å². The zero-order valence-electron chi connectivity index (χ0n) is 12.8. The molecule has 0 saturated carbocycles. The SMILES string of the molecule is NC(=O)Cc1nc(C(F)(F)F)c(Oc2ccc(F)c(C(F)(F)F)c2)c(=O)[nH]1. The Morgan fingerprint density at radius 1 is 1.15 bits per heavy atom. The Kier molecular flexibility index (Phi) is 5.15. The van der Waals surface area contributed by atoms with Crippen molar-refractivity contribution in [3.05, 3.63) is 51.5 Å². The van der Waals surface area contributed by atoms with Gasteiger partial charge in [0.25, 0.3) is 5.56 Å². The molecule has 0 atom stereocenters. The molecule has 0 fully saturated rings. The van der Waals surface area contributed by atoms with Gasteiger partial charge in [-0.25, -0.2) is 9.37 Å². The minimum Gasteiger partial charge on any atom is -0.449 e. The van der Waals surface area contributed by atoms with Crippen LogP contribution >= 0.6 is 0 Å². The summed E-state index contributed by atoms with van der Waals surface area (Å²) < 4.78 is 95.3. The number of nitrogens with zero attached hydrogens (tertiary/aromatic N) is 1. The molecule has 13 heteroatoms. The molecule has 1 aromatic heterocycles. The van der Waals surface area contributed by atoms with Gasteiger partial charge in [-0.05, 0) is 18.2 Å². The average Bonchev–Trinajstić information content (AvgIpc) is 2.48. The van der Waals surface area contributed by atoms with Crippen molar-refractivity contribution in [3.63, 3.8) is 0 Å². The van der Waals surface area contributed by atoms with Crippen molar-refractivity contribution in [1.82, 2.24) is 9.97 Å². The Bertz CT molecular complexity index is 935. The van der Waals surface area contributed by atoms with Crippen LogP contribution in [0.1, 0.15) is 17.1 Å². The maximum absolute atomic E-state index is 13.2. The fourth-order valence-corrected chi connectivity index (χ4v) is 1.95. The fraction of sp³-hybridized carbons (Fsp3) is 0.214. The summed E-state index contributed by atoms with van der Waals surface area (Å²) in [5, 5.41) is 0. The molecule has 2 rings (SSSR count). The number of H-pyrrole nitrogens is 1. The number of alkyl halides is 6. The number of carbonyl (C=O) groups is 1. The third-order valence-electron chi connectivity index (χ3n) is 3.00. The fourth-order valence-electron chi connectivity index (χ4n) is 1.95. The van der Waals surface area contributed by atoms with Gasteiger partial charge in [-0.2, -0.15) is 26.3 Å². The summed E-state index contributed by atoms with van der Waals surface area (Å²) in [5.41, 5.74) is -0.402. The molecule has 0 aliphatic carbocycles. The van der Waals surface area contributed by atoms with Crippen molar-refractivity contribution in [2.45, 2.75) is 18.8 Å². The van der Waals surface area contributed by atoms with Crippen LogP contribution in [0, 0.1) is 5.82 Å². The number of rotatable bonds is 4. The highest BCUT2D eigenvalue weighted by molar-refractivity contribution is 5.75. The molecule has 0 saturated heterocycles. The predicted octanol–water partition coefficient (Wildman–Crippen LogP) is 2.77. The summed E-state index contributed by atoms with van der Waals surface area (Å²) in [6, 6.07) is 1.00. The van der Waals surface area contributed by atoms with E-state index in [1.54, 1.807) is 0 Å². The lowest BCUT2D eigenvalue weighted by molar-refractivity contribution is -0.143. The number of nitrogens with one attached hydrogen (secondary N) is 1. The molecule has 1 aromatic carbocycles. The van der Waals surface area contributed by atoms with E-state index in [4.69, 9.17) is 5.73 Å². The lowest BCUT2D eigenvalue weighted by Crippen LogP contribution is -2.25. The number of halogens is 7. The topological polar surface area (TPSA) is 98.1 Å². The smallest absolute Gasteiger partial charge is 0.437 e. The zero-order chi connectivity index (χ0) is 20.6. The van der Waals surface area contributed by atoms with Crippen LogP contribution in [0.4, 0.5) is 30.7 Å². The largest absolute Gasteiger partial charge is 0.449 e. The van der Waals surface area contributed by atoms with Crippen LogP contribution in [-0.2, 0) is 23.6 Å². The van der Waals surface area contributed by atoms with Gasteiger partial charge in [-0.3, -0.25) is 9.59 Å². The quantitative estimate of drug-likeness (QED) is 0.773. The van der Waals surface area contributed by atoms with Crippen LogP contribution in [0.3, 0.4) is 0 Å². The van der Waals surface area contributed by atoms with Gasteiger partial charge in [0.15, 0.2) is 5.69 Å². The van der Waals surface area contributed by atoms with Crippen molar-refractivity contribution < 1.29 is 40.3 Å². The molecule has 0 aliphatic heterocycles. The molecule has 0 radical (unpaired) electrons. The molecule has 2 aromatic rings. The van der Waals surface area contributed by atoms with E-state index in [1.807, 2.05) is 4.98 Å². The standard InChI is InChI=1S/C14H8F7N3O3/c15-7-2-1-5(3-6(7)13(16,17)18)27-10-11(14(19,20)21)23-9(4-8(22)25)24-12(10)26/h1-3H,4H2,(H2,22,25)(H,23,24,26). The summed E-state index contributed by atoms with van der Waals surface area (Å²) in [7, 11) is 0. The molecule has 1 amide bonds. The summed E-state index contributed by atoms with van der Waals surface area (Å²) in [6.45, 7) is 0. The lowest BCUT2D eigenvalue weighted by atomic mass is 10.2. The number of nitrogens with two attached hydrogens (primary N) is 1. The van der Waals surface area contributed by atoms with E-state index >= 15 is 0 Å². The number of primary amides is 1. The molecule has 146 valence electrons. The van der Waals surface area contributed by atoms with Crippen molar-refractivity contribution in [2.75, 3.05) is 0 Å². The summed E-state index contributed by atoms with van der Waals surface area (Å²) in [6.07, 6.45) is -11.2. The van der Waals surface area contributed by atoms with Gasteiger partial charge < -0.3 is 15.5 Å². The lowest BCUT2D eigenvalue weighted by Gasteiger charge is -2.14. The van der Waals surface area contributed by atoms with Crippen LogP contribution in [0.15, 0.2) is 23.0 Å². The Hall–Kier alpha value is -3.12. The number of aromatic amines is 1. The second-order valence-electron chi connectivity index (χ2n) is 5.07. The molecule has 0 bridgehead atoms. The number of hydrogen-bond donors (Lipinski definition) is 2. The maximum Gasteiger partial charge on any atom is 0.437 e. The van der Waals surface area contributed by atoms with E-state index in [9.17, 15) is 40.3 Å². The summed E-state index contributed by atoms with van der Waals surface area (Å²) in [5.74, 6) is -5.86. The highest BCUT2D eigenvalue weighted by atomic mass is 19.4. The molecule has 3 N–H and O–H groups in total. The van der Waals surface area contributed by atoms with E-state index in [-0.39, 0.29) is 6.07 Å². The first-order valence-electron chi connectivity index (χ1n) is 6.82. The molecular formula is C14H8F7N3O3. The minimum atomic E-state index is -5.25. The third-order valence-corrected chi connectivity index (χ3v) is 3.00. The summed E-state index contributed by atoms with van der Waals surface area (Å²) >= 11 is 0. The van der Waals surface area contributed by atoms with Crippen LogP contribution in [-0.4, -0.2) is 15.9 Å². The first kappa shape index (κ1) is 20.2. The van der Waals surface area contributed by atoms with Crippen LogP contribution in [0.2, 0.25) is 0 Å². The zero-order valence-corrected chi connectivity index (χ0v) is 12.8. The second-order valence-corrected chi connectivity index (χ2v) is 5.07. The van der Waals surface area contributed by atoms with Crippen molar-refractivity contribution in [3.8, 4) is 11.5 Å². The van der Waals surface area contributed by atoms with Crippen LogP contribution in [0.5, 0.6) is 11.5 Å². The van der Waals surface area contributed by atoms with Gasteiger partial charge >= 0.3 is 12.4 Å². The number of carbonyl (C=O) groups excluding carboxylic acids is 1. The monoisotopic (exact) mass is 399 g/mol. The average molecular weight is 399 g/mol. The van der Waals surface area contributed by atoms with E-state index < -0.39 is 64.6 Å². The number of aromatic nitrogens is 2. The van der Waals surface area contributed by atoms with Crippen LogP contribution < -0.4 is 16.0 Å². The first-order chi connectivity index (χ1) is 12.3. The third kappa shape index (κ3) is 4.74. The van der Waals surface area contributed by atoms with E-state index in [0.717, 1.165) is 0 Å². The van der Waals surface area contributed by atoms with Crippen molar-refractivity contribution in [2.24, 2.45) is 5.73 Å². The number of amides is 1. The Morgan fingerprint density at radius 2 is 1.78 bits per heavy atom. The first-order valence-corrected chi connectivity index (χ1v) is 6.82. The van der Waals surface area contributed by atoms with Gasteiger partial charge in [0.1, 0.15) is 17.4 Å². The van der Waals surface area contributed by atoms with Crippen molar-refractivity contribution in [1.29, 1.82) is 0 Å². The molecule has 6 nitrogen and oxygen atoms in total. The number of hydrogen-bond acceptors (Lipinski definition) is 4. The number of benzene rings is 1. The van der Waals surface area contributed by atoms with E-state index in [0.29, 0.717) is 12.1 Å². The molecule has 27 heavy (non-hydrogen) atoms. The van der Waals surface area contributed by atoms with Gasteiger partial charge in [0.2, 0.25) is 11.7 Å². The highest BCUT2D eigenvalue weighted by Gasteiger charge is 2.39. The van der Waals surface area contributed by atoms with E-state index in [1.165, 1.54) is 0 Å². The van der Waals surface area contributed by atoms with Gasteiger partial charge in [-0.15, -0.1) is 0 Å². The molecule has 1 heterocycles. The van der Waals surface area contributed by atoms with Gasteiger partial charge in [0.05, 0.1) is 12.0 Å². The van der Waals surface area contributed by atoms with E-state index in [2.05, 4.69) is 9.72 Å². The normalized spacial score (nSPS) is 12.1. The molecule has 0 spiro atoms. The summed E-state index contributed by atoms with van der Waals surface area (Å²) in [4.78, 5) is 27.5. The molecular weight excluding hydrogens is 391 g/mol. The van der Waals surface area contributed by atoms with Gasteiger partial charge in [-0.1, -0.05) is 0 Å². The predicted molar refractivity (Wildman–Crippen MR) is 74.2 cm³/mol. The minimum absolute atomic E-state index is 0.0895. The van der Waals surface area contributed by atoms with Crippen LogP contribution in [0.25, 0.3) is 0 Å². The van der Waals surface area contributed by atoms with Crippen molar-refractivity contribution >= 4 is 5.91 Å². The van der Waals surface area contributed by atoms with Gasteiger partial charge in [0, 0.05) is 0 Å². The maximum atomic E-state index is 13.2. The second kappa shape index (κ2) is 6.89. The number of ether oxygens (including phenoxy) is 1. The highest BCUT2D eigenvalue weighted by Crippen LogP contribution is 2.37. The molecule has 0 unspecified atom stereocenters. The Morgan fingerprint density at radius 3 is 2.30 bits per heavy atom. The molecule has 0 aliphatic rings. The Balaban J connectivity index is 2.56.